The lowest BCUT2D eigenvalue weighted by Crippen LogP contribution is -2.39. The van der Waals surface area contributed by atoms with E-state index in [1.165, 1.54) is 19.2 Å². The van der Waals surface area contributed by atoms with Crippen molar-refractivity contribution in [3.05, 3.63) is 29.8 Å². The zero-order valence-corrected chi connectivity index (χ0v) is 16.5. The van der Waals surface area contributed by atoms with Crippen LogP contribution in [0, 0.1) is 23.7 Å². The van der Waals surface area contributed by atoms with Crippen molar-refractivity contribution < 1.29 is 33.4 Å². The van der Waals surface area contributed by atoms with Crippen LogP contribution in [0.1, 0.15) is 16.8 Å². The summed E-state index contributed by atoms with van der Waals surface area (Å²) in [6, 6.07) is 6.12. The van der Waals surface area contributed by atoms with E-state index in [9.17, 15) is 19.2 Å². The molecule has 9 heteroatoms. The highest BCUT2D eigenvalue weighted by atomic mass is 79.9. The lowest BCUT2D eigenvalue weighted by atomic mass is 9.80. The third-order valence-corrected chi connectivity index (χ3v) is 6.93. The number of anilines is 1. The molecule has 1 heterocycles. The van der Waals surface area contributed by atoms with Gasteiger partial charge in [-0.15, -0.1) is 0 Å². The van der Waals surface area contributed by atoms with Gasteiger partial charge in [-0.3, -0.25) is 14.4 Å². The smallest absolute Gasteiger partial charge is 0.337 e. The Balaban J connectivity index is 1.32. The van der Waals surface area contributed by atoms with Gasteiger partial charge in [-0.2, -0.15) is 0 Å². The highest BCUT2D eigenvalue weighted by molar-refractivity contribution is 9.09. The first kappa shape index (κ1) is 18.9. The van der Waals surface area contributed by atoms with Crippen molar-refractivity contribution in [1.82, 2.24) is 0 Å². The normalized spacial score (nSPS) is 32.0. The van der Waals surface area contributed by atoms with Crippen molar-refractivity contribution in [2.75, 3.05) is 19.0 Å². The number of halogens is 1. The van der Waals surface area contributed by atoms with E-state index in [2.05, 4.69) is 26.0 Å². The minimum atomic E-state index is -0.576. The fraction of sp³-hybridized carbons (Fsp3) is 0.474. The van der Waals surface area contributed by atoms with Gasteiger partial charge >= 0.3 is 17.9 Å². The number of methoxy groups -OCH3 is 1. The first-order valence-corrected chi connectivity index (χ1v) is 9.81. The summed E-state index contributed by atoms with van der Waals surface area (Å²) in [4.78, 5) is 48.0. The summed E-state index contributed by atoms with van der Waals surface area (Å²) in [5.74, 6) is -2.90. The van der Waals surface area contributed by atoms with E-state index in [-0.39, 0.29) is 28.7 Å². The second-order valence-electron chi connectivity index (χ2n) is 7.19. The van der Waals surface area contributed by atoms with Crippen molar-refractivity contribution in [1.29, 1.82) is 0 Å². The second-order valence-corrected chi connectivity index (χ2v) is 8.24. The number of benzene rings is 1. The number of carbonyl (C=O) groups excluding carboxylic acids is 4. The molecule has 1 amide bonds. The predicted octanol–water partition coefficient (Wildman–Crippen LogP) is 1.53. The average molecular weight is 452 g/mol. The maximum atomic E-state index is 12.5. The molecule has 8 nitrogen and oxygen atoms in total. The van der Waals surface area contributed by atoms with E-state index in [4.69, 9.17) is 9.47 Å². The fourth-order valence-electron chi connectivity index (χ4n) is 4.53. The number of alkyl halides is 1. The SMILES string of the molecule is COC(=O)c1ccc(NC(=O)COC(=O)[C@@H]2[C@H]3C[C@H]4[C@H](OC(=O)[C@@H]42)[C@@H]3Br)cc1. The van der Waals surface area contributed by atoms with E-state index in [0.29, 0.717) is 11.3 Å². The molecule has 3 fully saturated rings. The van der Waals surface area contributed by atoms with Gasteiger partial charge in [0.2, 0.25) is 0 Å². The lowest BCUT2D eigenvalue weighted by Gasteiger charge is -2.26. The molecule has 6 atom stereocenters. The van der Waals surface area contributed by atoms with Gasteiger partial charge in [0.15, 0.2) is 6.61 Å². The molecule has 0 spiro atoms. The summed E-state index contributed by atoms with van der Waals surface area (Å²) < 4.78 is 15.2. The van der Waals surface area contributed by atoms with Crippen LogP contribution >= 0.6 is 15.9 Å². The lowest BCUT2D eigenvalue weighted by molar-refractivity contribution is -0.157. The van der Waals surface area contributed by atoms with Crippen molar-refractivity contribution in [2.24, 2.45) is 23.7 Å². The number of hydrogen-bond donors (Lipinski definition) is 1. The predicted molar refractivity (Wildman–Crippen MR) is 98.5 cm³/mol. The second kappa shape index (κ2) is 7.20. The van der Waals surface area contributed by atoms with Gasteiger partial charge in [-0.05, 0) is 36.6 Å². The standard InChI is InChI=1S/C19H18BrNO7/c1-26-17(23)8-2-4-9(5-3-8)21-12(22)7-27-18(24)13-10-6-11-14(13)19(25)28-16(11)15(10)20/h2-5,10-11,13-16H,6-7H2,1H3,(H,21,22)/t10-,11-,13-,14+,15-,16+/m1/s1. The zero-order chi connectivity index (χ0) is 20.0. The highest BCUT2D eigenvalue weighted by Crippen LogP contribution is 2.60. The van der Waals surface area contributed by atoms with Gasteiger partial charge < -0.3 is 19.5 Å². The van der Waals surface area contributed by atoms with Gasteiger partial charge in [0.1, 0.15) is 6.10 Å². The summed E-state index contributed by atoms with van der Waals surface area (Å²) in [6.07, 6.45) is 0.581. The third kappa shape index (κ3) is 3.07. The molecule has 1 saturated heterocycles. The Morgan fingerprint density at radius 2 is 1.93 bits per heavy atom. The van der Waals surface area contributed by atoms with Crippen LogP contribution in [0.2, 0.25) is 0 Å². The van der Waals surface area contributed by atoms with Crippen LogP contribution in [0.25, 0.3) is 0 Å². The molecule has 2 saturated carbocycles. The number of ether oxygens (including phenoxy) is 3. The van der Waals surface area contributed by atoms with Gasteiger partial charge in [-0.25, -0.2) is 4.79 Å². The average Bonchev–Trinajstić information content (AvgIpc) is 3.30. The fourth-order valence-corrected chi connectivity index (χ4v) is 5.58. The van der Waals surface area contributed by atoms with Crippen LogP contribution in [0.15, 0.2) is 24.3 Å². The summed E-state index contributed by atoms with van der Waals surface area (Å²) >= 11 is 3.53. The molecule has 1 N–H and O–H groups in total. The van der Waals surface area contributed by atoms with Crippen molar-refractivity contribution >= 4 is 45.4 Å². The van der Waals surface area contributed by atoms with Crippen LogP contribution in [0.5, 0.6) is 0 Å². The summed E-state index contributed by atoms with van der Waals surface area (Å²) in [5, 5.41) is 2.59. The number of carbonyl (C=O) groups is 4. The summed E-state index contributed by atoms with van der Waals surface area (Å²) in [7, 11) is 1.28. The maximum absolute atomic E-state index is 12.5. The van der Waals surface area contributed by atoms with E-state index in [0.717, 1.165) is 6.42 Å². The van der Waals surface area contributed by atoms with Gasteiger partial charge in [-0.1, -0.05) is 15.9 Å². The molecular formula is C19H18BrNO7. The Kier molecular flexibility index (Phi) is 4.86. The largest absolute Gasteiger partial charge is 0.465 e. The number of esters is 3. The molecule has 148 valence electrons. The number of rotatable bonds is 5. The molecule has 3 aliphatic rings. The monoisotopic (exact) mass is 451 g/mol. The molecule has 0 aromatic heterocycles. The molecule has 4 rings (SSSR count). The highest BCUT2D eigenvalue weighted by Gasteiger charge is 2.68. The Labute approximate surface area is 169 Å². The molecule has 1 aromatic carbocycles. The zero-order valence-electron chi connectivity index (χ0n) is 14.9. The molecule has 1 aliphatic heterocycles. The van der Waals surface area contributed by atoms with Crippen LogP contribution in [-0.2, 0) is 28.6 Å². The molecule has 2 bridgehead atoms. The molecule has 0 radical (unpaired) electrons. The van der Waals surface area contributed by atoms with Gasteiger partial charge in [0.25, 0.3) is 5.91 Å². The molecular weight excluding hydrogens is 434 g/mol. The van der Waals surface area contributed by atoms with E-state index in [1.54, 1.807) is 12.1 Å². The first-order valence-electron chi connectivity index (χ1n) is 8.90. The van der Waals surface area contributed by atoms with E-state index in [1.807, 2.05) is 0 Å². The Morgan fingerprint density at radius 1 is 1.21 bits per heavy atom. The molecule has 0 unspecified atom stereocenters. The summed E-state index contributed by atoms with van der Waals surface area (Å²) in [6.45, 7) is -0.455. The van der Waals surface area contributed by atoms with Gasteiger partial charge in [0, 0.05) is 11.6 Å². The van der Waals surface area contributed by atoms with E-state index < -0.39 is 36.3 Å². The summed E-state index contributed by atoms with van der Waals surface area (Å²) in [5.41, 5.74) is 0.811. The molecule has 2 aliphatic carbocycles. The van der Waals surface area contributed by atoms with Crippen LogP contribution in [-0.4, -0.2) is 48.5 Å². The first-order chi connectivity index (χ1) is 13.4. The Bertz CT molecular complexity index is 839. The third-order valence-electron chi connectivity index (χ3n) is 5.73. The number of amides is 1. The number of nitrogens with one attached hydrogen (secondary N) is 1. The topological polar surface area (TPSA) is 108 Å². The van der Waals surface area contributed by atoms with Crippen molar-refractivity contribution in [3.63, 3.8) is 0 Å². The number of hydrogen-bond acceptors (Lipinski definition) is 7. The maximum Gasteiger partial charge on any atom is 0.337 e. The van der Waals surface area contributed by atoms with Crippen molar-refractivity contribution in [3.8, 4) is 0 Å². The van der Waals surface area contributed by atoms with Crippen LogP contribution in [0.3, 0.4) is 0 Å². The Morgan fingerprint density at radius 3 is 2.61 bits per heavy atom. The van der Waals surface area contributed by atoms with Crippen LogP contribution < -0.4 is 5.32 Å². The minimum Gasteiger partial charge on any atom is -0.465 e. The number of fused-ring (bicyclic) bond motifs is 1. The van der Waals surface area contributed by atoms with E-state index >= 15 is 0 Å². The van der Waals surface area contributed by atoms with Gasteiger partial charge in [0.05, 0.1) is 29.3 Å². The molecule has 1 aromatic rings. The van der Waals surface area contributed by atoms with Crippen molar-refractivity contribution in [2.45, 2.75) is 17.4 Å². The minimum absolute atomic E-state index is 0.0205. The quantitative estimate of drug-likeness (QED) is 0.410. The van der Waals surface area contributed by atoms with Crippen LogP contribution in [0.4, 0.5) is 5.69 Å². The molecule has 28 heavy (non-hydrogen) atoms. The Hall–Kier alpha value is -2.42.